The van der Waals surface area contributed by atoms with Gasteiger partial charge in [0, 0.05) is 11.3 Å². The van der Waals surface area contributed by atoms with Crippen molar-refractivity contribution in [1.29, 1.82) is 0 Å². The number of rotatable bonds is 7. The summed E-state index contributed by atoms with van der Waals surface area (Å²) in [4.78, 5) is 24.3. The van der Waals surface area contributed by atoms with Crippen LogP contribution in [0.15, 0.2) is 42.5 Å². The molecule has 0 bridgehead atoms. The molecule has 2 amide bonds. The highest BCUT2D eigenvalue weighted by Gasteiger charge is 2.15. The van der Waals surface area contributed by atoms with Gasteiger partial charge < -0.3 is 20.7 Å². The van der Waals surface area contributed by atoms with Crippen molar-refractivity contribution in [2.75, 3.05) is 24.3 Å². The Morgan fingerprint density at radius 3 is 2.70 bits per heavy atom. The van der Waals surface area contributed by atoms with Gasteiger partial charge in [-0.1, -0.05) is 12.0 Å². The van der Waals surface area contributed by atoms with E-state index in [0.717, 1.165) is 6.07 Å². The number of carbonyl (C=O) groups is 2. The molecule has 0 fully saturated rings. The molecule has 0 heterocycles. The fraction of sp³-hybridized carbons (Fsp3) is 0.200. The summed E-state index contributed by atoms with van der Waals surface area (Å²) in [5.41, 5.74) is 1.15. The van der Waals surface area contributed by atoms with Gasteiger partial charge in [-0.3, -0.25) is 9.59 Å². The first kappa shape index (κ1) is 19.8. The molecule has 1 atom stereocenters. The third-order valence-corrected chi connectivity index (χ3v) is 3.68. The highest BCUT2D eigenvalue weighted by atomic mass is 19.1. The number of ether oxygens (including phenoxy) is 1. The van der Waals surface area contributed by atoms with E-state index < -0.39 is 17.8 Å². The molecule has 0 aliphatic rings. The van der Waals surface area contributed by atoms with Gasteiger partial charge in [-0.25, -0.2) is 4.39 Å². The van der Waals surface area contributed by atoms with Crippen LogP contribution >= 0.6 is 0 Å². The van der Waals surface area contributed by atoms with Crippen LogP contribution in [0.25, 0.3) is 0 Å². The van der Waals surface area contributed by atoms with Crippen LogP contribution in [0.2, 0.25) is 0 Å². The Bertz CT molecular complexity index is 877. The molecule has 0 aliphatic heterocycles. The average Bonchev–Trinajstić information content (AvgIpc) is 2.66. The third kappa shape index (κ3) is 5.47. The normalized spacial score (nSPS) is 11.0. The number of anilines is 2. The smallest absolute Gasteiger partial charge is 0.255 e. The molecule has 3 N–H and O–H groups in total. The van der Waals surface area contributed by atoms with E-state index in [9.17, 15) is 14.0 Å². The van der Waals surface area contributed by atoms with Gasteiger partial charge in [-0.2, -0.15) is 0 Å². The van der Waals surface area contributed by atoms with Crippen LogP contribution < -0.4 is 20.7 Å². The van der Waals surface area contributed by atoms with E-state index >= 15 is 0 Å². The third-order valence-electron chi connectivity index (χ3n) is 3.68. The van der Waals surface area contributed by atoms with Gasteiger partial charge >= 0.3 is 0 Å². The zero-order valence-electron chi connectivity index (χ0n) is 15.0. The van der Waals surface area contributed by atoms with E-state index in [1.165, 1.54) is 25.3 Å². The maximum Gasteiger partial charge on any atom is 0.255 e. The van der Waals surface area contributed by atoms with Crippen molar-refractivity contribution in [1.82, 2.24) is 5.32 Å². The number of halogens is 1. The maximum absolute atomic E-state index is 13.3. The van der Waals surface area contributed by atoms with Crippen molar-refractivity contribution < 1.29 is 18.7 Å². The van der Waals surface area contributed by atoms with Crippen LogP contribution in [0, 0.1) is 18.2 Å². The fourth-order valence-corrected chi connectivity index (χ4v) is 2.33. The predicted molar refractivity (Wildman–Crippen MR) is 102 cm³/mol. The first-order chi connectivity index (χ1) is 12.9. The SMILES string of the molecule is C#CCNC(=O)C(C)Nc1ccc(OC)c(NC(=O)c2cccc(F)c2)c1. The van der Waals surface area contributed by atoms with E-state index in [1.807, 2.05) is 0 Å². The van der Waals surface area contributed by atoms with E-state index in [1.54, 1.807) is 25.1 Å². The highest BCUT2D eigenvalue weighted by Crippen LogP contribution is 2.28. The van der Waals surface area contributed by atoms with Crippen molar-refractivity contribution in [3.8, 4) is 18.1 Å². The molecule has 6 nitrogen and oxygen atoms in total. The molecule has 0 saturated carbocycles. The van der Waals surface area contributed by atoms with E-state index in [-0.39, 0.29) is 18.0 Å². The lowest BCUT2D eigenvalue weighted by molar-refractivity contribution is -0.121. The molecular formula is C20H20FN3O3. The number of hydrogen-bond acceptors (Lipinski definition) is 4. The first-order valence-corrected chi connectivity index (χ1v) is 8.17. The molecule has 0 saturated heterocycles. The van der Waals surface area contributed by atoms with Crippen LogP contribution in [0.3, 0.4) is 0 Å². The molecule has 7 heteroatoms. The molecule has 27 heavy (non-hydrogen) atoms. The number of carbonyl (C=O) groups excluding carboxylic acids is 2. The van der Waals surface area contributed by atoms with Gasteiger partial charge in [0.1, 0.15) is 17.6 Å². The minimum Gasteiger partial charge on any atom is -0.495 e. The van der Waals surface area contributed by atoms with Gasteiger partial charge in [-0.05, 0) is 43.3 Å². The summed E-state index contributed by atoms with van der Waals surface area (Å²) in [6, 6.07) is 9.80. The quantitative estimate of drug-likeness (QED) is 0.656. The van der Waals surface area contributed by atoms with Crippen molar-refractivity contribution in [2.45, 2.75) is 13.0 Å². The van der Waals surface area contributed by atoms with Gasteiger partial charge in [0.05, 0.1) is 19.3 Å². The minimum atomic E-state index is -0.543. The molecule has 2 rings (SSSR count). The number of hydrogen-bond donors (Lipinski definition) is 3. The van der Waals surface area contributed by atoms with Crippen molar-refractivity contribution in [3.63, 3.8) is 0 Å². The summed E-state index contributed by atoms with van der Waals surface area (Å²) < 4.78 is 18.6. The second-order valence-corrected chi connectivity index (χ2v) is 5.67. The molecular weight excluding hydrogens is 349 g/mol. The Kier molecular flexibility index (Phi) is 6.78. The zero-order chi connectivity index (χ0) is 19.8. The Morgan fingerprint density at radius 1 is 1.26 bits per heavy atom. The van der Waals surface area contributed by atoms with Gasteiger partial charge in [0.2, 0.25) is 5.91 Å². The predicted octanol–water partition coefficient (Wildman–Crippen LogP) is 2.64. The van der Waals surface area contributed by atoms with Crippen molar-refractivity contribution in [3.05, 3.63) is 53.8 Å². The molecule has 2 aromatic carbocycles. The first-order valence-electron chi connectivity index (χ1n) is 8.17. The molecule has 2 aromatic rings. The van der Waals surface area contributed by atoms with E-state index in [4.69, 9.17) is 11.2 Å². The number of benzene rings is 2. The molecule has 1 unspecified atom stereocenters. The van der Waals surface area contributed by atoms with Crippen molar-refractivity contribution in [2.24, 2.45) is 0 Å². The largest absolute Gasteiger partial charge is 0.495 e. The average molecular weight is 369 g/mol. The summed E-state index contributed by atoms with van der Waals surface area (Å²) in [5, 5.41) is 8.28. The van der Waals surface area contributed by atoms with Crippen LogP contribution in [0.4, 0.5) is 15.8 Å². The second-order valence-electron chi connectivity index (χ2n) is 5.67. The number of amides is 2. The highest BCUT2D eigenvalue weighted by molar-refractivity contribution is 6.05. The Balaban J connectivity index is 2.16. The number of terminal acetylenes is 1. The summed E-state index contributed by atoms with van der Waals surface area (Å²) in [6.07, 6.45) is 5.12. The van der Waals surface area contributed by atoms with Crippen LogP contribution in [-0.4, -0.2) is 31.5 Å². The zero-order valence-corrected chi connectivity index (χ0v) is 15.0. The lowest BCUT2D eigenvalue weighted by Crippen LogP contribution is -2.37. The van der Waals surface area contributed by atoms with Gasteiger partial charge in [-0.15, -0.1) is 6.42 Å². The van der Waals surface area contributed by atoms with Gasteiger partial charge in [0.25, 0.3) is 5.91 Å². The molecule has 0 aromatic heterocycles. The maximum atomic E-state index is 13.3. The van der Waals surface area contributed by atoms with Gasteiger partial charge in [0.15, 0.2) is 0 Å². The van der Waals surface area contributed by atoms with Crippen LogP contribution in [-0.2, 0) is 4.79 Å². The summed E-state index contributed by atoms with van der Waals surface area (Å²) in [6.45, 7) is 1.82. The number of nitrogens with one attached hydrogen (secondary N) is 3. The van der Waals surface area contributed by atoms with Crippen LogP contribution in [0.5, 0.6) is 5.75 Å². The Labute approximate surface area is 157 Å². The fourth-order valence-electron chi connectivity index (χ4n) is 2.33. The topological polar surface area (TPSA) is 79.5 Å². The Morgan fingerprint density at radius 2 is 2.04 bits per heavy atom. The standard InChI is InChI=1S/C20H20FN3O3/c1-4-10-22-19(25)13(2)23-16-8-9-18(27-3)17(12-16)24-20(26)14-6-5-7-15(21)11-14/h1,5-9,11-13,23H,10H2,2-3H3,(H,22,25)(H,24,26). The molecule has 140 valence electrons. The molecule has 0 radical (unpaired) electrons. The van der Waals surface area contributed by atoms with Crippen molar-refractivity contribution >= 4 is 23.2 Å². The lowest BCUT2D eigenvalue weighted by atomic mass is 10.2. The van der Waals surface area contributed by atoms with E-state index in [2.05, 4.69) is 21.9 Å². The molecule has 0 aliphatic carbocycles. The second kappa shape index (κ2) is 9.25. The summed E-state index contributed by atoms with van der Waals surface area (Å²) in [7, 11) is 1.47. The summed E-state index contributed by atoms with van der Waals surface area (Å²) >= 11 is 0. The minimum absolute atomic E-state index is 0.141. The van der Waals surface area contributed by atoms with Crippen LogP contribution in [0.1, 0.15) is 17.3 Å². The van der Waals surface area contributed by atoms with E-state index in [0.29, 0.717) is 17.1 Å². The lowest BCUT2D eigenvalue weighted by Gasteiger charge is -2.17. The molecule has 0 spiro atoms. The summed E-state index contributed by atoms with van der Waals surface area (Å²) in [5.74, 6) is 1.52. The number of methoxy groups -OCH3 is 1. The Hall–Kier alpha value is -3.53. The monoisotopic (exact) mass is 369 g/mol.